The number of rotatable bonds is 3. The van der Waals surface area contributed by atoms with Gasteiger partial charge in [0.05, 0.1) is 24.7 Å². The van der Waals surface area contributed by atoms with Gasteiger partial charge in [0.1, 0.15) is 0 Å². The van der Waals surface area contributed by atoms with E-state index in [9.17, 15) is 9.59 Å². The van der Waals surface area contributed by atoms with Crippen molar-refractivity contribution in [3.63, 3.8) is 0 Å². The average molecular weight is 230 g/mol. The van der Waals surface area contributed by atoms with Gasteiger partial charge >= 0.3 is 5.97 Å². The number of carbonyl (C=O) groups is 2. The molecule has 1 aliphatic heterocycles. The Bertz CT molecular complexity index is 291. The molecule has 0 spiro atoms. The zero-order chi connectivity index (χ0) is 12.3. The third-order valence-electron chi connectivity index (χ3n) is 2.45. The Morgan fingerprint density at radius 3 is 2.69 bits per heavy atom. The number of nitrogens with two attached hydrogens (primary N) is 1. The molecule has 1 atom stereocenters. The third-order valence-corrected chi connectivity index (χ3v) is 2.45. The number of ether oxygens (including phenoxy) is 1. The van der Waals surface area contributed by atoms with Crippen LogP contribution < -0.4 is 5.73 Å². The average Bonchev–Trinajstić information content (AvgIpc) is 2.13. The van der Waals surface area contributed by atoms with Gasteiger partial charge < -0.3 is 20.5 Å². The number of carboxylic acids is 1. The maximum Gasteiger partial charge on any atom is 0.305 e. The van der Waals surface area contributed by atoms with Crippen LogP contribution in [0.4, 0.5) is 0 Å². The van der Waals surface area contributed by atoms with Gasteiger partial charge in [0, 0.05) is 13.1 Å². The number of carboxylic acid groups (broad SMARTS) is 1. The molecule has 0 aromatic heterocycles. The largest absolute Gasteiger partial charge is 0.481 e. The van der Waals surface area contributed by atoms with E-state index in [0.717, 1.165) is 0 Å². The van der Waals surface area contributed by atoms with Crippen LogP contribution in [0.5, 0.6) is 0 Å². The van der Waals surface area contributed by atoms with Crippen LogP contribution in [0.25, 0.3) is 0 Å². The fourth-order valence-corrected chi connectivity index (χ4v) is 1.71. The summed E-state index contributed by atoms with van der Waals surface area (Å²) in [5.74, 6) is -1.38. The summed E-state index contributed by atoms with van der Waals surface area (Å²) in [6.07, 6.45) is -0.337. The summed E-state index contributed by atoms with van der Waals surface area (Å²) in [5, 5.41) is 8.56. The predicted octanol–water partition coefficient (Wildman–Crippen LogP) is -0.574. The maximum atomic E-state index is 11.8. The van der Waals surface area contributed by atoms with Crippen LogP contribution in [0.3, 0.4) is 0 Å². The Morgan fingerprint density at radius 2 is 2.19 bits per heavy atom. The van der Waals surface area contributed by atoms with E-state index >= 15 is 0 Å². The molecule has 0 bridgehead atoms. The first kappa shape index (κ1) is 12.9. The molecule has 0 aromatic rings. The van der Waals surface area contributed by atoms with Gasteiger partial charge in [-0.25, -0.2) is 0 Å². The summed E-state index contributed by atoms with van der Waals surface area (Å²) in [5.41, 5.74) is 5.13. The summed E-state index contributed by atoms with van der Waals surface area (Å²) >= 11 is 0. The highest BCUT2D eigenvalue weighted by Crippen LogP contribution is 2.17. The van der Waals surface area contributed by atoms with E-state index in [0.29, 0.717) is 19.7 Å². The molecule has 3 N–H and O–H groups in total. The Morgan fingerprint density at radius 1 is 1.56 bits per heavy atom. The van der Waals surface area contributed by atoms with Crippen molar-refractivity contribution in [2.24, 2.45) is 5.73 Å². The monoisotopic (exact) mass is 230 g/mol. The highest BCUT2D eigenvalue weighted by atomic mass is 16.5. The number of carbonyl (C=O) groups excluding carboxylic acids is 1. The minimum atomic E-state index is -1.06. The lowest BCUT2D eigenvalue weighted by atomic mass is 10.1. The summed E-state index contributed by atoms with van der Waals surface area (Å²) in [7, 11) is 0. The first-order chi connectivity index (χ1) is 7.32. The third kappa shape index (κ3) is 3.46. The van der Waals surface area contributed by atoms with Crippen LogP contribution in [0.15, 0.2) is 0 Å². The number of amides is 1. The molecule has 1 amide bonds. The van der Waals surface area contributed by atoms with E-state index in [1.54, 1.807) is 4.90 Å². The normalized spacial score (nSPS) is 21.6. The molecule has 6 heteroatoms. The first-order valence-corrected chi connectivity index (χ1v) is 5.22. The fraction of sp³-hybridized carbons (Fsp3) is 0.800. The molecule has 0 aliphatic carbocycles. The van der Waals surface area contributed by atoms with Crippen LogP contribution in [0.1, 0.15) is 20.3 Å². The van der Waals surface area contributed by atoms with Crippen molar-refractivity contribution >= 4 is 11.9 Å². The van der Waals surface area contributed by atoms with Crippen LogP contribution >= 0.6 is 0 Å². The Labute approximate surface area is 94.3 Å². The summed E-state index contributed by atoms with van der Waals surface area (Å²) in [6.45, 7) is 5.14. The predicted molar refractivity (Wildman–Crippen MR) is 56.8 cm³/mol. The molecule has 1 fully saturated rings. The number of aliphatic carboxylic acids is 1. The molecule has 16 heavy (non-hydrogen) atoms. The maximum absolute atomic E-state index is 11.8. The zero-order valence-corrected chi connectivity index (χ0v) is 9.60. The Balaban J connectivity index is 2.56. The molecule has 1 heterocycles. The standard InChI is InChI=1S/C10H18N2O4/c1-10(2)6-12(3-4-16-10)9(15)7(11)5-8(13)14/h7H,3-6,11H2,1-2H3,(H,13,14). The summed E-state index contributed by atoms with van der Waals surface area (Å²) in [4.78, 5) is 23.8. The van der Waals surface area contributed by atoms with Crippen molar-refractivity contribution in [3.8, 4) is 0 Å². The molecule has 1 aliphatic rings. The summed E-state index contributed by atoms with van der Waals surface area (Å²) in [6, 6.07) is -0.966. The Hall–Kier alpha value is -1.14. The van der Waals surface area contributed by atoms with Gasteiger partial charge in [0.25, 0.3) is 0 Å². The first-order valence-electron chi connectivity index (χ1n) is 5.22. The summed E-state index contributed by atoms with van der Waals surface area (Å²) < 4.78 is 5.46. The molecule has 0 aromatic carbocycles. The minimum Gasteiger partial charge on any atom is -0.481 e. The minimum absolute atomic E-state index is 0.321. The molecule has 1 saturated heterocycles. The lowest BCUT2D eigenvalue weighted by Crippen LogP contribution is -2.55. The van der Waals surface area contributed by atoms with Crippen molar-refractivity contribution < 1.29 is 19.4 Å². The number of hydrogen-bond donors (Lipinski definition) is 2. The van der Waals surface area contributed by atoms with Crippen LogP contribution in [0.2, 0.25) is 0 Å². The van der Waals surface area contributed by atoms with Gasteiger partial charge in [-0.3, -0.25) is 9.59 Å². The molecule has 92 valence electrons. The van der Waals surface area contributed by atoms with E-state index in [1.807, 2.05) is 13.8 Å². The van der Waals surface area contributed by atoms with E-state index in [2.05, 4.69) is 0 Å². The number of morpholine rings is 1. The molecule has 0 radical (unpaired) electrons. The topological polar surface area (TPSA) is 92.9 Å². The van der Waals surface area contributed by atoms with Gasteiger partial charge in [-0.2, -0.15) is 0 Å². The van der Waals surface area contributed by atoms with Crippen molar-refractivity contribution in [2.75, 3.05) is 19.7 Å². The number of nitrogens with zero attached hydrogens (tertiary/aromatic N) is 1. The van der Waals surface area contributed by atoms with Crippen LogP contribution in [0, 0.1) is 0 Å². The van der Waals surface area contributed by atoms with E-state index in [1.165, 1.54) is 0 Å². The second-order valence-electron chi connectivity index (χ2n) is 4.57. The fourth-order valence-electron chi connectivity index (χ4n) is 1.71. The quantitative estimate of drug-likeness (QED) is 0.677. The van der Waals surface area contributed by atoms with Crippen molar-refractivity contribution in [3.05, 3.63) is 0 Å². The van der Waals surface area contributed by atoms with E-state index in [-0.39, 0.29) is 12.3 Å². The zero-order valence-electron chi connectivity index (χ0n) is 9.60. The van der Waals surface area contributed by atoms with Crippen LogP contribution in [-0.4, -0.2) is 53.2 Å². The highest BCUT2D eigenvalue weighted by Gasteiger charge is 2.32. The van der Waals surface area contributed by atoms with E-state index < -0.39 is 17.6 Å². The highest BCUT2D eigenvalue weighted by molar-refractivity contribution is 5.86. The Kier molecular flexibility index (Phi) is 3.88. The van der Waals surface area contributed by atoms with Gasteiger partial charge in [-0.05, 0) is 13.8 Å². The number of hydrogen-bond acceptors (Lipinski definition) is 4. The lowest BCUT2D eigenvalue weighted by molar-refractivity contribution is -0.150. The lowest BCUT2D eigenvalue weighted by Gasteiger charge is -2.39. The van der Waals surface area contributed by atoms with Crippen molar-refractivity contribution in [1.29, 1.82) is 0 Å². The second-order valence-corrected chi connectivity index (χ2v) is 4.57. The van der Waals surface area contributed by atoms with Crippen molar-refractivity contribution in [2.45, 2.75) is 31.9 Å². The van der Waals surface area contributed by atoms with E-state index in [4.69, 9.17) is 15.6 Å². The molecule has 6 nitrogen and oxygen atoms in total. The molecule has 1 unspecified atom stereocenters. The molecular weight excluding hydrogens is 212 g/mol. The van der Waals surface area contributed by atoms with Crippen molar-refractivity contribution in [1.82, 2.24) is 4.90 Å². The van der Waals surface area contributed by atoms with Gasteiger partial charge in [-0.1, -0.05) is 0 Å². The van der Waals surface area contributed by atoms with Gasteiger partial charge in [0.2, 0.25) is 5.91 Å². The van der Waals surface area contributed by atoms with Gasteiger partial charge in [0.15, 0.2) is 0 Å². The van der Waals surface area contributed by atoms with Gasteiger partial charge in [-0.15, -0.1) is 0 Å². The second kappa shape index (κ2) is 4.80. The molecule has 1 rings (SSSR count). The molecular formula is C10H18N2O4. The smallest absolute Gasteiger partial charge is 0.305 e. The SMILES string of the molecule is CC1(C)CN(C(=O)C(N)CC(=O)O)CCO1. The van der Waals surface area contributed by atoms with Crippen LogP contribution in [-0.2, 0) is 14.3 Å². The molecule has 0 saturated carbocycles.